The number of hydrogen-bond acceptors (Lipinski definition) is 6. The highest BCUT2D eigenvalue weighted by Gasteiger charge is 2.38. The highest BCUT2D eigenvalue weighted by atomic mass is 32.2. The lowest BCUT2D eigenvalue weighted by atomic mass is 10.0. The average molecular weight is 388 g/mol. The largest absolute Gasteiger partial charge is 0.378 e. The van der Waals surface area contributed by atoms with Crippen molar-refractivity contribution in [3.8, 4) is 11.3 Å². The summed E-state index contributed by atoms with van der Waals surface area (Å²) in [7, 11) is -3.51. The van der Waals surface area contributed by atoms with Gasteiger partial charge < -0.3 is 15.0 Å². The van der Waals surface area contributed by atoms with E-state index in [1.807, 2.05) is 10.7 Å². The number of ether oxygens (including phenoxy) is 1. The Hall–Kier alpha value is -2.23. The number of carbonyl (C=O) groups is 1. The maximum absolute atomic E-state index is 13.1. The quantitative estimate of drug-likeness (QED) is 0.803. The van der Waals surface area contributed by atoms with Crippen molar-refractivity contribution >= 4 is 15.7 Å². The minimum atomic E-state index is -3.51. The van der Waals surface area contributed by atoms with Crippen LogP contribution in [-0.4, -0.2) is 68.4 Å². The molecule has 0 unspecified atom stereocenters. The van der Waals surface area contributed by atoms with E-state index in [9.17, 15) is 13.2 Å². The van der Waals surface area contributed by atoms with Crippen molar-refractivity contribution in [3.05, 3.63) is 35.5 Å². The van der Waals surface area contributed by atoms with Crippen LogP contribution in [0.5, 0.6) is 0 Å². The molecule has 8 nitrogen and oxygen atoms in total. The molecule has 5 rings (SSSR count). The number of nitrogens with one attached hydrogen (secondary N) is 1. The molecule has 1 N–H and O–H groups in total. The van der Waals surface area contributed by atoms with E-state index in [1.54, 1.807) is 23.1 Å². The molecular formula is C18H20N4O4S. The van der Waals surface area contributed by atoms with Crippen LogP contribution < -0.4 is 5.32 Å². The molecule has 4 heterocycles. The molecule has 0 atom stereocenters. The Bertz CT molecular complexity index is 1020. The van der Waals surface area contributed by atoms with Gasteiger partial charge in [-0.3, -0.25) is 9.48 Å². The standard InChI is InChI=1S/C18H20N4O4S/c23-18(21-5-7-26-8-6-21)16-14-11-27(24,25)15-4-2-1-3-13(15)17(14)22(20-16)12-9-19-10-12/h1-4,12,19H,5-11H2. The van der Waals surface area contributed by atoms with Crippen LogP contribution in [0.1, 0.15) is 22.1 Å². The summed E-state index contributed by atoms with van der Waals surface area (Å²) < 4.78 is 32.9. The zero-order chi connectivity index (χ0) is 18.6. The minimum Gasteiger partial charge on any atom is -0.378 e. The molecule has 2 fully saturated rings. The van der Waals surface area contributed by atoms with Gasteiger partial charge in [-0.15, -0.1) is 0 Å². The zero-order valence-corrected chi connectivity index (χ0v) is 15.5. The Kier molecular flexibility index (Phi) is 3.85. The summed E-state index contributed by atoms with van der Waals surface area (Å²) in [6.45, 7) is 3.48. The van der Waals surface area contributed by atoms with Crippen LogP contribution in [0.4, 0.5) is 0 Å². The van der Waals surface area contributed by atoms with E-state index in [0.29, 0.717) is 42.3 Å². The van der Waals surface area contributed by atoms with Crippen molar-refractivity contribution in [1.29, 1.82) is 0 Å². The Labute approximate surface area is 157 Å². The Morgan fingerprint density at radius 2 is 1.93 bits per heavy atom. The van der Waals surface area contributed by atoms with Crippen LogP contribution in [0.25, 0.3) is 11.3 Å². The highest BCUT2D eigenvalue weighted by Crippen LogP contribution is 2.41. The van der Waals surface area contributed by atoms with Crippen molar-refractivity contribution in [2.75, 3.05) is 39.4 Å². The first-order chi connectivity index (χ1) is 13.1. The zero-order valence-electron chi connectivity index (χ0n) is 14.7. The second-order valence-corrected chi connectivity index (χ2v) is 9.05. The van der Waals surface area contributed by atoms with Gasteiger partial charge in [0.05, 0.1) is 35.6 Å². The van der Waals surface area contributed by atoms with Crippen molar-refractivity contribution in [3.63, 3.8) is 0 Å². The number of morpholine rings is 1. The number of hydrogen-bond donors (Lipinski definition) is 1. The molecule has 0 bridgehead atoms. The fraction of sp³-hybridized carbons (Fsp3) is 0.444. The maximum Gasteiger partial charge on any atom is 0.274 e. The summed E-state index contributed by atoms with van der Waals surface area (Å²) >= 11 is 0. The Balaban J connectivity index is 1.69. The Morgan fingerprint density at radius 1 is 1.19 bits per heavy atom. The molecule has 1 aromatic heterocycles. The molecular weight excluding hydrogens is 368 g/mol. The average Bonchev–Trinajstić information content (AvgIpc) is 2.98. The summed E-state index contributed by atoms with van der Waals surface area (Å²) in [6, 6.07) is 7.11. The second-order valence-electron chi connectivity index (χ2n) is 7.09. The van der Waals surface area contributed by atoms with Gasteiger partial charge >= 0.3 is 0 Å². The van der Waals surface area contributed by atoms with Gasteiger partial charge in [0.15, 0.2) is 15.5 Å². The highest BCUT2D eigenvalue weighted by molar-refractivity contribution is 7.90. The normalized spacial score (nSPS) is 21.3. The van der Waals surface area contributed by atoms with E-state index in [4.69, 9.17) is 4.74 Å². The van der Waals surface area contributed by atoms with Crippen LogP contribution in [0.2, 0.25) is 0 Å². The van der Waals surface area contributed by atoms with E-state index < -0.39 is 9.84 Å². The third kappa shape index (κ3) is 2.60. The third-order valence-electron chi connectivity index (χ3n) is 5.43. The van der Waals surface area contributed by atoms with Gasteiger partial charge in [0.2, 0.25) is 0 Å². The molecule has 0 spiro atoms. The molecule has 0 aliphatic carbocycles. The molecule has 0 saturated carbocycles. The summed E-state index contributed by atoms with van der Waals surface area (Å²) in [5.41, 5.74) is 2.19. The molecule has 2 aromatic rings. The topological polar surface area (TPSA) is 93.5 Å². The van der Waals surface area contributed by atoms with E-state index in [0.717, 1.165) is 18.8 Å². The number of benzene rings is 1. The van der Waals surface area contributed by atoms with E-state index >= 15 is 0 Å². The van der Waals surface area contributed by atoms with Crippen LogP contribution in [-0.2, 0) is 20.3 Å². The number of rotatable bonds is 2. The molecule has 3 aliphatic rings. The lowest BCUT2D eigenvalue weighted by Gasteiger charge is -2.30. The van der Waals surface area contributed by atoms with Crippen LogP contribution in [0.15, 0.2) is 29.2 Å². The van der Waals surface area contributed by atoms with Gasteiger partial charge in [0.25, 0.3) is 5.91 Å². The van der Waals surface area contributed by atoms with Gasteiger partial charge in [-0.05, 0) is 6.07 Å². The number of fused-ring (bicyclic) bond motifs is 3. The Morgan fingerprint density at radius 3 is 2.63 bits per heavy atom. The number of carbonyl (C=O) groups excluding carboxylic acids is 1. The monoisotopic (exact) mass is 388 g/mol. The molecule has 27 heavy (non-hydrogen) atoms. The molecule has 9 heteroatoms. The first-order valence-corrected chi connectivity index (χ1v) is 10.7. The third-order valence-corrected chi connectivity index (χ3v) is 7.12. The summed E-state index contributed by atoms with van der Waals surface area (Å²) in [4.78, 5) is 15.1. The molecule has 0 radical (unpaired) electrons. The number of amides is 1. The lowest BCUT2D eigenvalue weighted by molar-refractivity contribution is 0.0297. The molecule has 1 aromatic carbocycles. The first-order valence-electron chi connectivity index (χ1n) is 9.07. The lowest BCUT2D eigenvalue weighted by Crippen LogP contribution is -2.44. The van der Waals surface area contributed by atoms with E-state index in [2.05, 4.69) is 10.4 Å². The number of sulfone groups is 1. The predicted octanol–water partition coefficient (Wildman–Crippen LogP) is 0.454. The van der Waals surface area contributed by atoms with Crippen LogP contribution in [0, 0.1) is 0 Å². The molecule has 3 aliphatic heterocycles. The van der Waals surface area contributed by atoms with Crippen LogP contribution in [0.3, 0.4) is 0 Å². The maximum atomic E-state index is 13.1. The van der Waals surface area contributed by atoms with Crippen LogP contribution >= 0.6 is 0 Å². The van der Waals surface area contributed by atoms with Crippen molar-refractivity contribution < 1.29 is 17.9 Å². The number of nitrogens with zero attached hydrogens (tertiary/aromatic N) is 3. The molecule has 2 saturated heterocycles. The van der Waals surface area contributed by atoms with E-state index in [1.165, 1.54) is 0 Å². The SMILES string of the molecule is O=C(c1nn(C2CNC2)c2c1CS(=O)(=O)c1ccccc1-2)N1CCOCC1. The smallest absolute Gasteiger partial charge is 0.274 e. The second kappa shape index (κ2) is 6.15. The van der Waals surface area contributed by atoms with Gasteiger partial charge in [-0.2, -0.15) is 5.10 Å². The van der Waals surface area contributed by atoms with Gasteiger partial charge in [0, 0.05) is 37.3 Å². The molecule has 142 valence electrons. The van der Waals surface area contributed by atoms with Crippen molar-refractivity contribution in [1.82, 2.24) is 20.0 Å². The summed E-state index contributed by atoms with van der Waals surface area (Å²) in [5, 5.41) is 7.85. The fourth-order valence-electron chi connectivity index (χ4n) is 3.89. The van der Waals surface area contributed by atoms with Gasteiger partial charge in [-0.25, -0.2) is 8.42 Å². The van der Waals surface area contributed by atoms with Gasteiger partial charge in [0.1, 0.15) is 0 Å². The minimum absolute atomic E-state index is 0.124. The fourth-order valence-corrected chi connectivity index (χ4v) is 5.49. The van der Waals surface area contributed by atoms with Crippen molar-refractivity contribution in [2.24, 2.45) is 0 Å². The summed E-state index contributed by atoms with van der Waals surface area (Å²) in [5.74, 6) is -0.402. The molecule has 1 amide bonds. The first kappa shape index (κ1) is 16.9. The van der Waals surface area contributed by atoms with Gasteiger partial charge in [-0.1, -0.05) is 18.2 Å². The predicted molar refractivity (Wildman–Crippen MR) is 97.2 cm³/mol. The van der Waals surface area contributed by atoms with E-state index in [-0.39, 0.29) is 23.4 Å². The number of aromatic nitrogens is 2. The summed E-state index contributed by atoms with van der Waals surface area (Å²) in [6.07, 6.45) is 0. The van der Waals surface area contributed by atoms with Crippen molar-refractivity contribution in [2.45, 2.75) is 16.7 Å².